The van der Waals surface area contributed by atoms with Crippen LogP contribution in [0.15, 0.2) is 77.7 Å². The normalized spacial score (nSPS) is 12.2. The molecule has 7 nitrogen and oxygen atoms in total. The van der Waals surface area contributed by atoms with E-state index in [4.69, 9.17) is 23.2 Å². The predicted molar refractivity (Wildman–Crippen MR) is 156 cm³/mol. The minimum absolute atomic E-state index is 0.0108. The Hall–Kier alpha value is -3.07. The summed E-state index contributed by atoms with van der Waals surface area (Å²) in [7, 11) is -4.17. The Morgan fingerprint density at radius 1 is 0.897 bits per heavy atom. The van der Waals surface area contributed by atoms with Gasteiger partial charge in [0.05, 0.1) is 20.6 Å². The van der Waals surface area contributed by atoms with Crippen molar-refractivity contribution in [1.82, 2.24) is 10.2 Å². The maximum absolute atomic E-state index is 13.9. The molecular formula is C29H33Cl2N3O4S. The summed E-state index contributed by atoms with van der Waals surface area (Å²) in [4.78, 5) is 28.3. The summed E-state index contributed by atoms with van der Waals surface area (Å²) in [6, 6.07) is 18.9. The lowest BCUT2D eigenvalue weighted by Crippen LogP contribution is -2.51. The van der Waals surface area contributed by atoms with Gasteiger partial charge in [0.25, 0.3) is 10.0 Å². The fourth-order valence-corrected chi connectivity index (χ4v) is 5.53. The van der Waals surface area contributed by atoms with E-state index >= 15 is 0 Å². The Labute approximate surface area is 240 Å². The summed E-state index contributed by atoms with van der Waals surface area (Å²) in [5, 5.41) is 3.27. The Kier molecular flexibility index (Phi) is 10.4. The summed E-state index contributed by atoms with van der Waals surface area (Å²) in [5.74, 6) is -0.645. The van der Waals surface area contributed by atoms with Crippen LogP contribution in [0.1, 0.15) is 31.9 Å². The van der Waals surface area contributed by atoms with Crippen molar-refractivity contribution in [1.29, 1.82) is 0 Å². The highest BCUT2D eigenvalue weighted by molar-refractivity contribution is 7.92. The van der Waals surface area contributed by atoms with E-state index in [9.17, 15) is 18.0 Å². The third-order valence-corrected chi connectivity index (χ3v) is 8.65. The molecule has 1 N–H and O–H groups in total. The molecule has 0 radical (unpaired) electrons. The number of hydrogen-bond donors (Lipinski definition) is 1. The van der Waals surface area contributed by atoms with E-state index in [1.54, 1.807) is 25.1 Å². The number of carbonyl (C=O) groups excluding carboxylic acids is 2. The fourth-order valence-electron chi connectivity index (χ4n) is 3.81. The van der Waals surface area contributed by atoms with Crippen molar-refractivity contribution < 1.29 is 18.0 Å². The average Bonchev–Trinajstić information content (AvgIpc) is 2.91. The molecule has 0 bridgehead atoms. The van der Waals surface area contributed by atoms with Crippen molar-refractivity contribution in [2.75, 3.05) is 17.4 Å². The van der Waals surface area contributed by atoms with Gasteiger partial charge in [0.1, 0.15) is 12.6 Å². The molecule has 0 aromatic heterocycles. The van der Waals surface area contributed by atoms with E-state index in [-0.39, 0.29) is 39.0 Å². The van der Waals surface area contributed by atoms with Crippen LogP contribution in [0.2, 0.25) is 10.0 Å². The Morgan fingerprint density at radius 2 is 1.54 bits per heavy atom. The smallest absolute Gasteiger partial charge is 0.264 e. The number of rotatable bonds is 11. The summed E-state index contributed by atoms with van der Waals surface area (Å²) < 4.78 is 28.5. The second kappa shape index (κ2) is 13.3. The molecular weight excluding hydrogens is 557 g/mol. The van der Waals surface area contributed by atoms with Crippen LogP contribution in [0.5, 0.6) is 0 Å². The molecule has 0 aliphatic heterocycles. The zero-order chi connectivity index (χ0) is 28.7. The number of aryl methyl sites for hydroxylation is 1. The van der Waals surface area contributed by atoms with E-state index in [1.165, 1.54) is 35.2 Å². The minimum Gasteiger partial charge on any atom is -0.354 e. The van der Waals surface area contributed by atoms with Gasteiger partial charge in [-0.05, 0) is 55.7 Å². The van der Waals surface area contributed by atoms with Crippen LogP contribution in [0, 0.1) is 12.8 Å². The highest BCUT2D eigenvalue weighted by atomic mass is 35.5. The van der Waals surface area contributed by atoms with E-state index in [1.807, 2.05) is 45.0 Å². The Bertz CT molecular complexity index is 1400. The molecule has 3 aromatic carbocycles. The highest BCUT2D eigenvalue weighted by Gasteiger charge is 2.32. The van der Waals surface area contributed by atoms with Gasteiger partial charge in [0.2, 0.25) is 11.8 Å². The summed E-state index contributed by atoms with van der Waals surface area (Å²) in [5.41, 5.74) is 2.04. The monoisotopic (exact) mass is 589 g/mol. The third-order valence-electron chi connectivity index (χ3n) is 6.13. The average molecular weight is 591 g/mol. The number of nitrogens with zero attached hydrogens (tertiary/aromatic N) is 2. The number of carbonyl (C=O) groups is 2. The molecule has 10 heteroatoms. The van der Waals surface area contributed by atoms with Gasteiger partial charge < -0.3 is 10.2 Å². The first-order chi connectivity index (χ1) is 18.4. The van der Waals surface area contributed by atoms with Crippen LogP contribution < -0.4 is 9.62 Å². The van der Waals surface area contributed by atoms with Crippen molar-refractivity contribution in [3.05, 3.63) is 94.0 Å². The summed E-state index contributed by atoms with van der Waals surface area (Å²) in [6.45, 7) is 7.56. The molecule has 0 fully saturated rings. The van der Waals surface area contributed by atoms with E-state index in [0.29, 0.717) is 6.54 Å². The summed E-state index contributed by atoms with van der Waals surface area (Å²) >= 11 is 12.3. The first-order valence-corrected chi connectivity index (χ1v) is 14.7. The number of hydrogen-bond acceptors (Lipinski definition) is 4. The quantitative estimate of drug-likeness (QED) is 0.311. The molecule has 1 atom stereocenters. The van der Waals surface area contributed by atoms with Gasteiger partial charge in [0.15, 0.2) is 0 Å². The van der Waals surface area contributed by atoms with Gasteiger partial charge in [-0.1, -0.05) is 85.1 Å². The number of benzene rings is 3. The van der Waals surface area contributed by atoms with Crippen LogP contribution in [0.4, 0.5) is 5.69 Å². The first-order valence-electron chi connectivity index (χ1n) is 12.6. The van der Waals surface area contributed by atoms with Crippen molar-refractivity contribution in [2.24, 2.45) is 5.92 Å². The molecule has 208 valence electrons. The highest BCUT2D eigenvalue weighted by Crippen LogP contribution is 2.31. The maximum Gasteiger partial charge on any atom is 0.264 e. The minimum atomic E-state index is -4.17. The molecule has 0 aliphatic carbocycles. The molecule has 0 saturated heterocycles. The fraction of sp³-hybridized carbons (Fsp3) is 0.310. The van der Waals surface area contributed by atoms with Crippen molar-refractivity contribution in [3.8, 4) is 0 Å². The van der Waals surface area contributed by atoms with Gasteiger partial charge in [-0.2, -0.15) is 0 Å². The number of anilines is 1. The van der Waals surface area contributed by atoms with Crippen molar-refractivity contribution >= 4 is 50.7 Å². The lowest BCUT2D eigenvalue weighted by molar-refractivity contribution is -0.139. The van der Waals surface area contributed by atoms with E-state index in [2.05, 4.69) is 5.32 Å². The van der Waals surface area contributed by atoms with Crippen LogP contribution in [-0.2, 0) is 26.2 Å². The number of halogens is 2. The molecule has 0 heterocycles. The van der Waals surface area contributed by atoms with Crippen LogP contribution in [0.25, 0.3) is 0 Å². The van der Waals surface area contributed by atoms with Crippen molar-refractivity contribution in [2.45, 2.75) is 45.2 Å². The summed E-state index contributed by atoms with van der Waals surface area (Å²) in [6.07, 6.45) is 0. The van der Waals surface area contributed by atoms with Gasteiger partial charge in [-0.3, -0.25) is 13.9 Å². The second-order valence-electron chi connectivity index (χ2n) is 9.75. The lowest BCUT2D eigenvalue weighted by Gasteiger charge is -2.32. The van der Waals surface area contributed by atoms with E-state index < -0.39 is 28.5 Å². The SMILES string of the molecule is Cc1ccc(CN(C(=O)CN(c2ccc(Cl)c(Cl)c2)S(=O)(=O)c2ccccc2)C(C)C(=O)NCC(C)C)cc1. The molecule has 2 amide bonds. The van der Waals surface area contributed by atoms with Crippen molar-refractivity contribution in [3.63, 3.8) is 0 Å². The Balaban J connectivity index is 2.02. The molecule has 3 rings (SSSR count). The van der Waals surface area contributed by atoms with Crippen LogP contribution >= 0.6 is 23.2 Å². The zero-order valence-corrected chi connectivity index (χ0v) is 24.7. The van der Waals surface area contributed by atoms with Crippen LogP contribution in [-0.4, -0.2) is 44.3 Å². The largest absolute Gasteiger partial charge is 0.354 e. The molecule has 39 heavy (non-hydrogen) atoms. The second-order valence-corrected chi connectivity index (χ2v) is 12.4. The van der Waals surface area contributed by atoms with Gasteiger partial charge in [-0.25, -0.2) is 8.42 Å². The molecule has 3 aromatic rings. The predicted octanol–water partition coefficient (Wildman–Crippen LogP) is 5.69. The van der Waals surface area contributed by atoms with E-state index in [0.717, 1.165) is 15.4 Å². The number of sulfonamides is 1. The molecule has 1 unspecified atom stereocenters. The van der Waals surface area contributed by atoms with Gasteiger partial charge in [-0.15, -0.1) is 0 Å². The third kappa shape index (κ3) is 7.97. The topological polar surface area (TPSA) is 86.8 Å². The standard InChI is InChI=1S/C29H33Cl2N3O4S/c1-20(2)17-32-29(36)22(4)33(18-23-12-10-21(3)11-13-23)28(35)19-34(24-14-15-26(30)27(31)16-24)39(37,38)25-8-6-5-7-9-25/h5-16,20,22H,17-19H2,1-4H3,(H,32,36). The van der Waals surface area contributed by atoms with Crippen LogP contribution in [0.3, 0.4) is 0 Å². The molecule has 0 saturated carbocycles. The number of nitrogens with one attached hydrogen (secondary N) is 1. The molecule has 0 aliphatic rings. The first kappa shape index (κ1) is 30.5. The Morgan fingerprint density at radius 3 is 2.13 bits per heavy atom. The number of amides is 2. The maximum atomic E-state index is 13.9. The van der Waals surface area contributed by atoms with Gasteiger partial charge >= 0.3 is 0 Å². The zero-order valence-electron chi connectivity index (χ0n) is 22.4. The lowest BCUT2D eigenvalue weighted by atomic mass is 10.1. The van der Waals surface area contributed by atoms with Gasteiger partial charge in [0, 0.05) is 13.1 Å². The molecule has 0 spiro atoms.